The fourth-order valence-electron chi connectivity index (χ4n) is 14.0. The minimum atomic E-state index is -0.529. The summed E-state index contributed by atoms with van der Waals surface area (Å²) in [6.45, 7) is 4.19. The average Bonchev–Trinajstić information content (AvgIpc) is 1.54. The van der Waals surface area contributed by atoms with E-state index < -0.39 is 10.8 Å². The van der Waals surface area contributed by atoms with Crippen molar-refractivity contribution in [1.82, 2.24) is 0 Å². The van der Waals surface area contributed by atoms with Crippen molar-refractivity contribution in [3.63, 3.8) is 0 Å². The van der Waals surface area contributed by atoms with Gasteiger partial charge < -0.3 is 28.4 Å². The SMILES string of the molecule is COc1ccc(C2(c3ccc(Oc4ccc(-c5ccc(C)c(Oc6ccccc6)c5)cc4Oc4ccccc4)cc3)c3ccccc3-c3ccccc32)cc1.COc1ccc(C2(c3ccc(Oc4ccc(C)c5ccccc45)cc3)c3ccccc3-c3ccccc32)cc1. The molecule has 454 valence electrons. The molecule has 0 heterocycles. The Kier molecular flexibility index (Phi) is 15.6. The van der Waals surface area contributed by atoms with E-state index in [4.69, 9.17) is 28.4 Å². The highest BCUT2D eigenvalue weighted by Gasteiger charge is 2.47. The number of benzene rings is 14. The lowest BCUT2D eigenvalue weighted by atomic mass is 9.68. The summed E-state index contributed by atoms with van der Waals surface area (Å²) in [4.78, 5) is 0. The van der Waals surface area contributed by atoms with Gasteiger partial charge in [-0.1, -0.05) is 231 Å². The molecule has 16 rings (SSSR count). The third-order valence-corrected chi connectivity index (χ3v) is 18.5. The molecule has 14 aromatic carbocycles. The molecule has 0 bridgehead atoms. The predicted octanol–water partition coefficient (Wildman–Crippen LogP) is 22.7. The van der Waals surface area contributed by atoms with Crippen LogP contribution >= 0.6 is 0 Å². The summed E-state index contributed by atoms with van der Waals surface area (Å²) in [6.07, 6.45) is 0. The molecule has 0 amide bonds. The Morgan fingerprint density at radius 1 is 0.223 bits per heavy atom. The summed E-state index contributed by atoms with van der Waals surface area (Å²) < 4.78 is 36.9. The lowest BCUT2D eigenvalue weighted by Gasteiger charge is -2.34. The number of methoxy groups -OCH3 is 2. The zero-order valence-electron chi connectivity index (χ0n) is 52.6. The highest BCUT2D eigenvalue weighted by molar-refractivity contribution is 5.92. The van der Waals surface area contributed by atoms with Crippen molar-refractivity contribution in [2.75, 3.05) is 14.2 Å². The van der Waals surface area contributed by atoms with Gasteiger partial charge in [0.15, 0.2) is 11.5 Å². The van der Waals surface area contributed by atoms with Gasteiger partial charge in [0.1, 0.15) is 46.0 Å². The smallest absolute Gasteiger partial charge is 0.170 e. The number of fused-ring (bicyclic) bond motifs is 7. The van der Waals surface area contributed by atoms with Crippen molar-refractivity contribution >= 4 is 10.8 Å². The van der Waals surface area contributed by atoms with Crippen LogP contribution in [0.3, 0.4) is 0 Å². The minimum absolute atomic E-state index is 0.450. The van der Waals surface area contributed by atoms with E-state index in [9.17, 15) is 0 Å². The largest absolute Gasteiger partial charge is 0.497 e. The quantitative estimate of drug-likeness (QED) is 0.102. The van der Waals surface area contributed by atoms with E-state index >= 15 is 0 Å². The number of rotatable bonds is 15. The molecule has 0 saturated carbocycles. The van der Waals surface area contributed by atoms with Gasteiger partial charge in [-0.05, 0) is 205 Å². The van der Waals surface area contributed by atoms with Crippen molar-refractivity contribution in [3.8, 4) is 90.9 Å². The fraction of sp³-hybridized carbons (Fsp3) is 0.0682. The van der Waals surface area contributed by atoms with Crippen LogP contribution in [0.1, 0.15) is 55.6 Å². The van der Waals surface area contributed by atoms with E-state index in [0.29, 0.717) is 17.2 Å². The van der Waals surface area contributed by atoms with E-state index in [1.807, 2.05) is 84.9 Å². The lowest BCUT2D eigenvalue weighted by Crippen LogP contribution is -2.28. The monoisotopic (exact) mass is 1220 g/mol. The molecule has 0 spiro atoms. The topological polar surface area (TPSA) is 55.4 Å². The molecule has 6 nitrogen and oxygen atoms in total. The van der Waals surface area contributed by atoms with Crippen molar-refractivity contribution in [2.45, 2.75) is 24.7 Å². The van der Waals surface area contributed by atoms with Crippen LogP contribution in [0.4, 0.5) is 0 Å². The first-order valence-electron chi connectivity index (χ1n) is 31.7. The highest BCUT2D eigenvalue weighted by Crippen LogP contribution is 2.58. The Hall–Kier alpha value is -11.9. The molecule has 6 heteroatoms. The van der Waals surface area contributed by atoms with Crippen molar-refractivity contribution in [1.29, 1.82) is 0 Å². The Balaban J connectivity index is 0.000000164. The molecule has 2 aliphatic rings. The van der Waals surface area contributed by atoms with Crippen molar-refractivity contribution in [3.05, 3.63) is 383 Å². The second-order valence-corrected chi connectivity index (χ2v) is 23.8. The van der Waals surface area contributed by atoms with Crippen molar-refractivity contribution in [2.24, 2.45) is 0 Å². The van der Waals surface area contributed by atoms with Crippen LogP contribution in [0.25, 0.3) is 44.2 Å². The number of hydrogen-bond donors (Lipinski definition) is 0. The number of para-hydroxylation sites is 2. The maximum Gasteiger partial charge on any atom is 0.170 e. The van der Waals surface area contributed by atoms with Crippen molar-refractivity contribution < 1.29 is 28.4 Å². The molecule has 14 aromatic rings. The molecule has 0 fully saturated rings. The van der Waals surface area contributed by atoms with E-state index in [1.165, 1.54) is 72.1 Å². The normalized spacial score (nSPS) is 12.6. The van der Waals surface area contributed by atoms with Gasteiger partial charge in [-0.15, -0.1) is 0 Å². The third kappa shape index (κ3) is 10.5. The highest BCUT2D eigenvalue weighted by atomic mass is 16.5. The maximum absolute atomic E-state index is 6.65. The molecule has 0 atom stereocenters. The summed E-state index contributed by atoms with van der Waals surface area (Å²) in [5.74, 6) is 7.58. The second kappa shape index (κ2) is 25.1. The van der Waals surface area contributed by atoms with Crippen LogP contribution in [-0.2, 0) is 10.8 Å². The fourth-order valence-corrected chi connectivity index (χ4v) is 14.0. The predicted molar refractivity (Wildman–Crippen MR) is 379 cm³/mol. The van der Waals surface area contributed by atoms with E-state index in [2.05, 4.69) is 257 Å². The standard InChI is InChI=1S/C51H38O4.C37H28O2/c1-35-21-22-36(33-49(35)54-41-13-5-3-6-14-41)37-23-32-48(50(34-37)55-42-15-7-4-8-16-42)53-43-30-26-39(27-31-43)51(38-24-28-40(52-2)29-25-38)46-19-11-9-17-44(46)45-18-10-12-20-47(45)51;1-25-15-24-36(33-12-4-3-9-30(25)33)39-29-22-18-27(19-23-29)37(26-16-20-28(38-2)21-17-26)34-13-7-5-10-31(34)32-11-6-8-14-35(32)37/h3-34H,1-2H3;3-24H,1-2H3. The van der Waals surface area contributed by atoms with Gasteiger partial charge >= 0.3 is 0 Å². The maximum atomic E-state index is 6.65. The molecule has 0 radical (unpaired) electrons. The third-order valence-electron chi connectivity index (χ3n) is 18.5. The molecule has 0 unspecified atom stereocenters. The average molecular weight is 1220 g/mol. The first kappa shape index (κ1) is 58.5. The van der Waals surface area contributed by atoms with E-state index in [-0.39, 0.29) is 0 Å². The Labute approximate surface area is 549 Å². The van der Waals surface area contributed by atoms with Gasteiger partial charge in [0.2, 0.25) is 0 Å². The van der Waals surface area contributed by atoms with E-state index in [1.54, 1.807) is 14.2 Å². The molecular formula is C88H66O6. The summed E-state index contributed by atoms with van der Waals surface area (Å²) in [6, 6.07) is 114. The summed E-state index contributed by atoms with van der Waals surface area (Å²) in [5.41, 5.74) is 18.1. The van der Waals surface area contributed by atoms with Gasteiger partial charge in [-0.2, -0.15) is 0 Å². The van der Waals surface area contributed by atoms with Crippen LogP contribution in [-0.4, -0.2) is 14.2 Å². The molecule has 0 saturated heterocycles. The number of hydrogen-bond acceptors (Lipinski definition) is 6. The molecule has 0 aromatic heterocycles. The number of aryl methyl sites for hydroxylation is 2. The molecular weight excluding hydrogens is 1150 g/mol. The Morgan fingerprint density at radius 3 is 0.968 bits per heavy atom. The second-order valence-electron chi connectivity index (χ2n) is 23.8. The summed E-state index contributed by atoms with van der Waals surface area (Å²) in [5, 5.41) is 2.33. The summed E-state index contributed by atoms with van der Waals surface area (Å²) in [7, 11) is 3.41. The molecule has 0 aliphatic heterocycles. The van der Waals surface area contributed by atoms with Gasteiger partial charge in [-0.25, -0.2) is 0 Å². The minimum Gasteiger partial charge on any atom is -0.497 e. The van der Waals surface area contributed by atoms with Crippen LogP contribution < -0.4 is 28.4 Å². The molecule has 94 heavy (non-hydrogen) atoms. The first-order valence-corrected chi connectivity index (χ1v) is 31.7. The number of ether oxygens (including phenoxy) is 6. The van der Waals surface area contributed by atoms with Crippen LogP contribution in [0.15, 0.2) is 328 Å². The Bertz CT molecular complexity index is 4950. The van der Waals surface area contributed by atoms with Gasteiger partial charge in [0.05, 0.1) is 25.0 Å². The molecule has 2 aliphatic carbocycles. The van der Waals surface area contributed by atoms with Gasteiger partial charge in [-0.3, -0.25) is 0 Å². The van der Waals surface area contributed by atoms with Gasteiger partial charge in [0.25, 0.3) is 0 Å². The first-order chi connectivity index (χ1) is 46.3. The van der Waals surface area contributed by atoms with E-state index in [0.717, 1.165) is 67.9 Å². The lowest BCUT2D eigenvalue weighted by molar-refractivity contribution is 0.414. The van der Waals surface area contributed by atoms with Crippen LogP contribution in [0, 0.1) is 13.8 Å². The zero-order chi connectivity index (χ0) is 63.6. The Morgan fingerprint density at radius 2 is 0.532 bits per heavy atom. The van der Waals surface area contributed by atoms with Crippen LogP contribution in [0.5, 0.6) is 57.5 Å². The zero-order valence-corrected chi connectivity index (χ0v) is 52.6. The van der Waals surface area contributed by atoms with Crippen LogP contribution in [0.2, 0.25) is 0 Å². The summed E-state index contributed by atoms with van der Waals surface area (Å²) >= 11 is 0. The van der Waals surface area contributed by atoms with Gasteiger partial charge in [0, 0.05) is 5.39 Å². The molecule has 0 N–H and O–H groups in total.